The zero-order valence-electron chi connectivity index (χ0n) is 16.6. The summed E-state index contributed by atoms with van der Waals surface area (Å²) in [6.07, 6.45) is 0.197. The fourth-order valence-corrected chi connectivity index (χ4v) is 4.29. The Labute approximate surface area is 175 Å². The fraction of sp³-hybridized carbons (Fsp3) is 0.364. The third-order valence-electron chi connectivity index (χ3n) is 5.69. The van der Waals surface area contributed by atoms with E-state index in [4.69, 9.17) is 16.3 Å². The van der Waals surface area contributed by atoms with E-state index < -0.39 is 0 Å². The molecule has 2 aliphatic heterocycles. The van der Waals surface area contributed by atoms with Gasteiger partial charge in [-0.15, -0.1) is 0 Å². The first-order valence-corrected chi connectivity index (χ1v) is 10.1. The van der Waals surface area contributed by atoms with E-state index in [0.717, 1.165) is 17.8 Å². The number of nitrogens with zero attached hydrogens (tertiary/aromatic N) is 3. The van der Waals surface area contributed by atoms with Crippen LogP contribution in [0.1, 0.15) is 12.0 Å². The van der Waals surface area contributed by atoms with Crippen molar-refractivity contribution < 1.29 is 14.3 Å². The first-order valence-electron chi connectivity index (χ1n) is 9.69. The van der Waals surface area contributed by atoms with Gasteiger partial charge in [0.1, 0.15) is 5.75 Å². The van der Waals surface area contributed by atoms with E-state index in [1.54, 1.807) is 30.2 Å². The highest BCUT2D eigenvalue weighted by Gasteiger charge is 2.38. The maximum absolute atomic E-state index is 13.3. The van der Waals surface area contributed by atoms with Crippen molar-refractivity contribution in [1.82, 2.24) is 4.90 Å². The lowest BCUT2D eigenvalue weighted by atomic mass is 10.1. The van der Waals surface area contributed by atoms with Crippen LogP contribution in [0.2, 0.25) is 5.02 Å². The lowest BCUT2D eigenvalue weighted by Gasteiger charge is -2.24. The third-order valence-corrected chi connectivity index (χ3v) is 5.92. The van der Waals surface area contributed by atoms with Gasteiger partial charge in [-0.2, -0.15) is 0 Å². The Hall–Kier alpha value is -2.73. The monoisotopic (exact) mass is 413 g/mol. The van der Waals surface area contributed by atoms with Crippen LogP contribution in [0.3, 0.4) is 0 Å². The Balaban J connectivity index is 1.54. The highest BCUT2D eigenvalue weighted by atomic mass is 35.5. The quantitative estimate of drug-likeness (QED) is 0.775. The molecular formula is C22H24ClN3O3. The molecule has 1 saturated heterocycles. The van der Waals surface area contributed by atoms with Gasteiger partial charge in [0, 0.05) is 50.4 Å². The molecule has 4 rings (SSSR count). The van der Waals surface area contributed by atoms with E-state index in [0.29, 0.717) is 36.1 Å². The molecule has 0 bridgehead atoms. The van der Waals surface area contributed by atoms with Gasteiger partial charge in [0.2, 0.25) is 11.8 Å². The number of hydrogen-bond donors (Lipinski definition) is 0. The first kappa shape index (κ1) is 19.6. The number of ether oxygens (including phenoxy) is 1. The Morgan fingerprint density at radius 3 is 2.72 bits per heavy atom. The second-order valence-corrected chi connectivity index (χ2v) is 7.97. The van der Waals surface area contributed by atoms with Gasteiger partial charge >= 0.3 is 0 Å². The molecule has 6 nitrogen and oxygen atoms in total. The lowest BCUT2D eigenvalue weighted by molar-refractivity contribution is -0.136. The van der Waals surface area contributed by atoms with Crippen LogP contribution in [0, 0.1) is 5.92 Å². The van der Waals surface area contributed by atoms with Crippen LogP contribution >= 0.6 is 11.6 Å². The number of likely N-dealkylation sites (N-methyl/N-ethyl adjacent to an activating group) is 1. The standard InChI is InChI=1S/C22H24ClN3O3/c1-24-9-10-25(13-15-5-3-4-6-18(15)24)22(28)16-11-21(27)26(14-16)19-12-17(23)7-8-20(19)29-2/h3-8,12,16H,9-11,13-14H2,1-2H3. The van der Waals surface area contributed by atoms with E-state index in [-0.39, 0.29) is 24.2 Å². The molecule has 2 aromatic carbocycles. The van der Waals surface area contributed by atoms with Crippen LogP contribution in [0.25, 0.3) is 0 Å². The molecule has 2 heterocycles. The van der Waals surface area contributed by atoms with Crippen molar-refractivity contribution in [1.29, 1.82) is 0 Å². The van der Waals surface area contributed by atoms with E-state index >= 15 is 0 Å². The molecule has 0 radical (unpaired) electrons. The fourth-order valence-electron chi connectivity index (χ4n) is 4.12. The van der Waals surface area contributed by atoms with Gasteiger partial charge in [0.05, 0.1) is 18.7 Å². The smallest absolute Gasteiger partial charge is 0.228 e. The van der Waals surface area contributed by atoms with Gasteiger partial charge in [-0.05, 0) is 29.8 Å². The van der Waals surface area contributed by atoms with Crippen molar-refractivity contribution >= 4 is 34.8 Å². The number of methoxy groups -OCH3 is 1. The number of carbonyl (C=O) groups excluding carboxylic acids is 2. The topological polar surface area (TPSA) is 53.1 Å². The van der Waals surface area contributed by atoms with Gasteiger partial charge in [0.15, 0.2) is 0 Å². The molecule has 2 amide bonds. The summed E-state index contributed by atoms with van der Waals surface area (Å²) in [4.78, 5) is 31.7. The summed E-state index contributed by atoms with van der Waals surface area (Å²) in [6.45, 7) is 2.29. The summed E-state index contributed by atoms with van der Waals surface area (Å²) in [6, 6.07) is 13.3. The predicted octanol–water partition coefficient (Wildman–Crippen LogP) is 3.18. The summed E-state index contributed by atoms with van der Waals surface area (Å²) >= 11 is 6.13. The summed E-state index contributed by atoms with van der Waals surface area (Å²) in [7, 11) is 3.60. The molecule has 152 valence electrons. The van der Waals surface area contributed by atoms with Crippen LogP contribution in [-0.2, 0) is 16.1 Å². The van der Waals surface area contributed by atoms with E-state index in [1.165, 1.54) is 0 Å². The predicted molar refractivity (Wildman–Crippen MR) is 114 cm³/mol. The Kier molecular flexibility index (Phi) is 5.37. The molecule has 1 fully saturated rings. The highest BCUT2D eigenvalue weighted by molar-refractivity contribution is 6.31. The van der Waals surface area contributed by atoms with Crippen molar-refractivity contribution in [2.45, 2.75) is 13.0 Å². The Morgan fingerprint density at radius 1 is 1.14 bits per heavy atom. The number of halogens is 1. The van der Waals surface area contributed by atoms with Crippen molar-refractivity contribution in [2.75, 3.05) is 43.6 Å². The first-order chi connectivity index (χ1) is 14.0. The van der Waals surface area contributed by atoms with Gasteiger partial charge < -0.3 is 19.4 Å². The molecule has 0 spiro atoms. The van der Waals surface area contributed by atoms with Gasteiger partial charge in [0.25, 0.3) is 0 Å². The highest BCUT2D eigenvalue weighted by Crippen LogP contribution is 2.36. The van der Waals surface area contributed by atoms with Crippen molar-refractivity contribution in [3.8, 4) is 5.75 Å². The molecule has 7 heteroatoms. The number of anilines is 2. The number of carbonyl (C=O) groups is 2. The number of fused-ring (bicyclic) bond motifs is 1. The minimum absolute atomic E-state index is 0.0203. The molecule has 0 aliphatic carbocycles. The van der Waals surface area contributed by atoms with E-state index in [9.17, 15) is 9.59 Å². The lowest BCUT2D eigenvalue weighted by Crippen LogP contribution is -2.39. The maximum Gasteiger partial charge on any atom is 0.228 e. The van der Waals surface area contributed by atoms with Crippen molar-refractivity contribution in [2.24, 2.45) is 5.92 Å². The van der Waals surface area contributed by atoms with Gasteiger partial charge in [-0.3, -0.25) is 9.59 Å². The van der Waals surface area contributed by atoms with Crippen LogP contribution in [0.5, 0.6) is 5.75 Å². The number of benzene rings is 2. The zero-order valence-corrected chi connectivity index (χ0v) is 17.4. The summed E-state index contributed by atoms with van der Waals surface area (Å²) in [5, 5.41) is 0.524. The third kappa shape index (κ3) is 3.77. The number of rotatable bonds is 3. The van der Waals surface area contributed by atoms with E-state index in [2.05, 4.69) is 17.0 Å². The summed E-state index contributed by atoms with van der Waals surface area (Å²) in [5.41, 5.74) is 2.88. The minimum atomic E-state index is -0.373. The van der Waals surface area contributed by atoms with E-state index in [1.807, 2.05) is 24.1 Å². The van der Waals surface area contributed by atoms with Crippen LogP contribution in [-0.4, -0.2) is 50.5 Å². The molecule has 1 atom stereocenters. The van der Waals surface area contributed by atoms with Crippen molar-refractivity contribution in [3.05, 3.63) is 53.1 Å². The second-order valence-electron chi connectivity index (χ2n) is 7.53. The Bertz CT molecular complexity index is 949. The molecule has 0 N–H and O–H groups in total. The Morgan fingerprint density at radius 2 is 1.93 bits per heavy atom. The minimum Gasteiger partial charge on any atom is -0.495 e. The molecule has 0 saturated carbocycles. The number of hydrogen-bond acceptors (Lipinski definition) is 4. The van der Waals surface area contributed by atoms with Crippen LogP contribution < -0.4 is 14.5 Å². The van der Waals surface area contributed by atoms with Gasteiger partial charge in [-0.1, -0.05) is 29.8 Å². The van der Waals surface area contributed by atoms with Crippen LogP contribution in [0.4, 0.5) is 11.4 Å². The molecular weight excluding hydrogens is 390 g/mol. The molecule has 29 heavy (non-hydrogen) atoms. The zero-order chi connectivity index (χ0) is 20.5. The second kappa shape index (κ2) is 7.95. The van der Waals surface area contributed by atoms with Crippen molar-refractivity contribution in [3.63, 3.8) is 0 Å². The molecule has 2 aromatic rings. The normalized spacial score (nSPS) is 19.2. The number of para-hydroxylation sites is 1. The molecule has 0 aromatic heterocycles. The number of amides is 2. The molecule has 2 aliphatic rings. The summed E-state index contributed by atoms with van der Waals surface area (Å²) in [5.74, 6) is 0.131. The SMILES string of the molecule is COc1ccc(Cl)cc1N1CC(C(=O)N2CCN(C)c3ccccc3C2)CC1=O. The maximum atomic E-state index is 13.3. The largest absolute Gasteiger partial charge is 0.495 e. The molecule has 1 unspecified atom stereocenters. The average Bonchev–Trinajstić information content (AvgIpc) is 3.03. The van der Waals surface area contributed by atoms with Gasteiger partial charge in [-0.25, -0.2) is 0 Å². The summed E-state index contributed by atoms with van der Waals surface area (Å²) < 4.78 is 5.39. The van der Waals surface area contributed by atoms with Crippen LogP contribution in [0.15, 0.2) is 42.5 Å². The average molecular weight is 414 g/mol.